The van der Waals surface area contributed by atoms with Crippen molar-refractivity contribution in [3.8, 4) is 11.8 Å². The highest BCUT2D eigenvalue weighted by Crippen LogP contribution is 2.33. The highest BCUT2D eigenvalue weighted by Gasteiger charge is 2.54. The lowest BCUT2D eigenvalue weighted by molar-refractivity contribution is -0.233. The molecule has 5 heteroatoms. The minimum absolute atomic E-state index is 0.0942. The van der Waals surface area contributed by atoms with Crippen molar-refractivity contribution in [2.75, 3.05) is 0 Å². The van der Waals surface area contributed by atoms with E-state index < -0.39 is 24.0 Å². The van der Waals surface area contributed by atoms with Gasteiger partial charge < -0.3 is 5.11 Å². The molecule has 1 unspecified atom stereocenters. The Morgan fingerprint density at radius 3 is 2.00 bits per heavy atom. The van der Waals surface area contributed by atoms with Gasteiger partial charge in [-0.15, -0.1) is 0 Å². The maximum atomic E-state index is 13.2. The standard InChI is InChI=1S/C18H13F3O2/c19-18(20,21)17(23,12-11-14-7-3-1-4-8-14)13-16(22)15-9-5-2-6-10-15/h1-10,23H,13H2. The van der Waals surface area contributed by atoms with Gasteiger partial charge in [-0.2, -0.15) is 13.2 Å². The summed E-state index contributed by atoms with van der Waals surface area (Å²) in [7, 11) is 0. The summed E-state index contributed by atoms with van der Waals surface area (Å²) in [6.45, 7) is 0. The second kappa shape index (κ2) is 6.67. The first-order chi connectivity index (χ1) is 10.8. The summed E-state index contributed by atoms with van der Waals surface area (Å²) < 4.78 is 39.5. The third-order valence-electron chi connectivity index (χ3n) is 3.17. The number of carbonyl (C=O) groups excluding carboxylic acids is 1. The molecule has 1 atom stereocenters. The largest absolute Gasteiger partial charge is 0.429 e. The van der Waals surface area contributed by atoms with Crippen LogP contribution in [0.2, 0.25) is 0 Å². The average Bonchev–Trinajstić information content (AvgIpc) is 2.54. The lowest BCUT2D eigenvalue weighted by atomic mass is 9.93. The van der Waals surface area contributed by atoms with Gasteiger partial charge in [-0.1, -0.05) is 60.4 Å². The number of Topliss-reactive ketones (excluding diaryl/α,β-unsaturated/α-hetero) is 1. The van der Waals surface area contributed by atoms with E-state index >= 15 is 0 Å². The molecule has 0 spiro atoms. The topological polar surface area (TPSA) is 37.3 Å². The second-order valence-electron chi connectivity index (χ2n) is 4.94. The minimum Gasteiger partial charge on any atom is -0.369 e. The molecule has 2 rings (SSSR count). The van der Waals surface area contributed by atoms with Gasteiger partial charge in [0.2, 0.25) is 5.60 Å². The Morgan fingerprint density at radius 2 is 1.48 bits per heavy atom. The molecule has 23 heavy (non-hydrogen) atoms. The number of hydrogen-bond donors (Lipinski definition) is 1. The van der Waals surface area contributed by atoms with Crippen molar-refractivity contribution < 1.29 is 23.1 Å². The molecule has 118 valence electrons. The van der Waals surface area contributed by atoms with Crippen LogP contribution in [0.3, 0.4) is 0 Å². The molecule has 0 aliphatic rings. The molecule has 2 nitrogen and oxygen atoms in total. The molecule has 0 aromatic heterocycles. The predicted octanol–water partition coefficient (Wildman–Crippen LogP) is 3.60. The molecule has 0 aliphatic heterocycles. The highest BCUT2D eigenvalue weighted by molar-refractivity contribution is 5.97. The molecule has 1 N–H and O–H groups in total. The first kappa shape index (κ1) is 16.8. The SMILES string of the molecule is O=C(CC(O)(C#Cc1ccccc1)C(F)(F)F)c1ccccc1. The Morgan fingerprint density at radius 1 is 0.957 bits per heavy atom. The molecule has 0 bridgehead atoms. The summed E-state index contributed by atoms with van der Waals surface area (Å²) in [5.74, 6) is 3.26. The van der Waals surface area contributed by atoms with E-state index in [0.717, 1.165) is 0 Å². The summed E-state index contributed by atoms with van der Waals surface area (Å²) in [5, 5.41) is 9.92. The van der Waals surface area contributed by atoms with E-state index in [9.17, 15) is 23.1 Å². The van der Waals surface area contributed by atoms with Crippen LogP contribution in [0.5, 0.6) is 0 Å². The second-order valence-corrected chi connectivity index (χ2v) is 4.94. The van der Waals surface area contributed by atoms with Crippen LogP contribution in [0, 0.1) is 11.8 Å². The smallest absolute Gasteiger partial charge is 0.369 e. The zero-order valence-corrected chi connectivity index (χ0v) is 12.0. The van der Waals surface area contributed by atoms with E-state index in [1.54, 1.807) is 24.3 Å². The number of aliphatic hydroxyl groups is 1. The number of rotatable bonds is 3. The molecular formula is C18H13F3O2. The number of hydrogen-bond acceptors (Lipinski definition) is 2. The van der Waals surface area contributed by atoms with Crippen molar-refractivity contribution in [3.63, 3.8) is 0 Å². The van der Waals surface area contributed by atoms with Crippen molar-refractivity contribution in [3.05, 3.63) is 71.8 Å². The Bertz CT molecular complexity index is 728. The van der Waals surface area contributed by atoms with Gasteiger partial charge in [-0.25, -0.2) is 0 Å². The zero-order valence-electron chi connectivity index (χ0n) is 12.0. The fraction of sp³-hybridized carbons (Fsp3) is 0.167. The minimum atomic E-state index is -5.04. The highest BCUT2D eigenvalue weighted by atomic mass is 19.4. The van der Waals surface area contributed by atoms with Gasteiger partial charge in [-0.05, 0) is 12.1 Å². The zero-order chi connectivity index (χ0) is 16.9. The predicted molar refractivity (Wildman–Crippen MR) is 79.7 cm³/mol. The van der Waals surface area contributed by atoms with Gasteiger partial charge in [-0.3, -0.25) is 4.79 Å². The number of halogens is 3. The van der Waals surface area contributed by atoms with Crippen LogP contribution in [-0.4, -0.2) is 22.7 Å². The lowest BCUT2D eigenvalue weighted by Crippen LogP contribution is -2.45. The Labute approximate surface area is 131 Å². The quantitative estimate of drug-likeness (QED) is 0.693. The van der Waals surface area contributed by atoms with E-state index in [2.05, 4.69) is 5.92 Å². The van der Waals surface area contributed by atoms with Crippen molar-refractivity contribution in [1.82, 2.24) is 0 Å². The van der Waals surface area contributed by atoms with Crippen LogP contribution < -0.4 is 0 Å². The van der Waals surface area contributed by atoms with E-state index in [-0.39, 0.29) is 5.56 Å². The van der Waals surface area contributed by atoms with Crippen LogP contribution >= 0.6 is 0 Å². The molecule has 0 amide bonds. The van der Waals surface area contributed by atoms with Crippen molar-refractivity contribution in [2.45, 2.75) is 18.2 Å². The Kier molecular flexibility index (Phi) is 4.87. The number of carbonyl (C=O) groups is 1. The summed E-state index contributed by atoms with van der Waals surface area (Å²) in [6, 6.07) is 15.5. The summed E-state index contributed by atoms with van der Waals surface area (Å²) in [6.07, 6.45) is -6.19. The maximum absolute atomic E-state index is 13.2. The van der Waals surface area contributed by atoms with Crippen LogP contribution in [-0.2, 0) is 0 Å². The first-order valence-electron chi connectivity index (χ1n) is 6.77. The van der Waals surface area contributed by atoms with Gasteiger partial charge in [0, 0.05) is 11.1 Å². The fourth-order valence-corrected chi connectivity index (χ4v) is 1.87. The molecule has 2 aromatic carbocycles. The summed E-state index contributed by atoms with van der Waals surface area (Å²) >= 11 is 0. The van der Waals surface area contributed by atoms with E-state index in [0.29, 0.717) is 5.56 Å². The fourth-order valence-electron chi connectivity index (χ4n) is 1.87. The number of benzene rings is 2. The van der Waals surface area contributed by atoms with Crippen molar-refractivity contribution >= 4 is 5.78 Å². The molecule has 0 heterocycles. The van der Waals surface area contributed by atoms with Crippen molar-refractivity contribution in [2.24, 2.45) is 0 Å². The van der Waals surface area contributed by atoms with Gasteiger partial charge in [0.1, 0.15) is 0 Å². The number of ketones is 1. The van der Waals surface area contributed by atoms with Crippen LogP contribution in [0.15, 0.2) is 60.7 Å². The molecular weight excluding hydrogens is 305 g/mol. The molecule has 0 saturated carbocycles. The van der Waals surface area contributed by atoms with Crippen LogP contribution in [0.4, 0.5) is 13.2 Å². The monoisotopic (exact) mass is 318 g/mol. The summed E-state index contributed by atoms with van der Waals surface area (Å²) in [4.78, 5) is 12.0. The van der Waals surface area contributed by atoms with Gasteiger partial charge in [0.05, 0.1) is 6.42 Å². The maximum Gasteiger partial charge on any atom is 0.429 e. The summed E-state index contributed by atoms with van der Waals surface area (Å²) in [5.41, 5.74) is -2.98. The van der Waals surface area contributed by atoms with Gasteiger partial charge in [0.15, 0.2) is 5.78 Å². The first-order valence-corrected chi connectivity index (χ1v) is 6.77. The van der Waals surface area contributed by atoms with Crippen LogP contribution in [0.25, 0.3) is 0 Å². The van der Waals surface area contributed by atoms with Crippen molar-refractivity contribution in [1.29, 1.82) is 0 Å². The van der Waals surface area contributed by atoms with Crippen LogP contribution in [0.1, 0.15) is 22.3 Å². The van der Waals surface area contributed by atoms with E-state index in [4.69, 9.17) is 0 Å². The van der Waals surface area contributed by atoms with E-state index in [1.807, 2.05) is 5.92 Å². The third kappa shape index (κ3) is 4.21. The normalized spacial score (nSPS) is 13.6. The molecule has 2 aromatic rings. The molecule has 0 radical (unpaired) electrons. The van der Waals surface area contributed by atoms with Gasteiger partial charge >= 0.3 is 6.18 Å². The number of alkyl halides is 3. The average molecular weight is 318 g/mol. The Balaban J connectivity index is 2.30. The third-order valence-corrected chi connectivity index (χ3v) is 3.17. The Hall–Kier alpha value is -2.58. The van der Waals surface area contributed by atoms with E-state index in [1.165, 1.54) is 36.4 Å². The molecule has 0 aliphatic carbocycles. The lowest BCUT2D eigenvalue weighted by Gasteiger charge is -2.24. The van der Waals surface area contributed by atoms with Gasteiger partial charge in [0.25, 0.3) is 0 Å². The molecule has 0 saturated heterocycles. The molecule has 0 fully saturated rings.